The smallest absolute Gasteiger partial charge is 0.317 e. The van der Waals surface area contributed by atoms with Crippen molar-refractivity contribution in [2.75, 3.05) is 26.2 Å². The number of urea groups is 1. The Hall–Kier alpha value is -1.26. The number of carbonyl (C=O) groups is 2. The molecule has 2 aliphatic carbocycles. The lowest BCUT2D eigenvalue weighted by Gasteiger charge is -2.38. The zero-order valence-electron chi connectivity index (χ0n) is 12.9. The first kappa shape index (κ1) is 14.7. The van der Waals surface area contributed by atoms with Crippen molar-refractivity contribution in [2.45, 2.75) is 57.4 Å². The minimum absolute atomic E-state index is 0.0673. The molecule has 1 saturated heterocycles. The van der Waals surface area contributed by atoms with Gasteiger partial charge in [-0.05, 0) is 25.7 Å². The van der Waals surface area contributed by atoms with Crippen LogP contribution in [-0.4, -0.2) is 54.0 Å². The van der Waals surface area contributed by atoms with E-state index in [4.69, 9.17) is 0 Å². The molecule has 118 valence electrons. The highest BCUT2D eigenvalue weighted by molar-refractivity contribution is 5.80. The number of hydrogen-bond donors (Lipinski definition) is 1. The zero-order valence-corrected chi connectivity index (χ0v) is 12.9. The van der Waals surface area contributed by atoms with Gasteiger partial charge in [0.05, 0.1) is 0 Å². The Morgan fingerprint density at radius 3 is 1.95 bits per heavy atom. The Morgan fingerprint density at radius 2 is 1.38 bits per heavy atom. The molecule has 1 heterocycles. The second-order valence-electron chi connectivity index (χ2n) is 6.72. The van der Waals surface area contributed by atoms with Crippen LogP contribution < -0.4 is 5.32 Å². The summed E-state index contributed by atoms with van der Waals surface area (Å²) in [5.41, 5.74) is 0. The van der Waals surface area contributed by atoms with Crippen LogP contribution in [0.3, 0.4) is 0 Å². The molecular weight excluding hydrogens is 266 g/mol. The third-order valence-electron chi connectivity index (χ3n) is 5.27. The van der Waals surface area contributed by atoms with Gasteiger partial charge in [0, 0.05) is 38.1 Å². The molecule has 0 aromatic heterocycles. The van der Waals surface area contributed by atoms with Crippen molar-refractivity contribution in [3.05, 3.63) is 0 Å². The Bertz CT molecular complexity index is 381. The van der Waals surface area contributed by atoms with E-state index in [9.17, 15) is 9.59 Å². The SMILES string of the molecule is O=C(NC1CCCCC1)N1CCN(C(=O)C2CCC2)CC1. The van der Waals surface area contributed by atoms with Gasteiger partial charge in [-0.15, -0.1) is 0 Å². The maximum atomic E-state index is 12.3. The van der Waals surface area contributed by atoms with E-state index >= 15 is 0 Å². The number of piperazine rings is 1. The molecule has 0 aromatic rings. The van der Waals surface area contributed by atoms with E-state index in [1.807, 2.05) is 9.80 Å². The van der Waals surface area contributed by atoms with E-state index in [1.165, 1.54) is 25.7 Å². The maximum Gasteiger partial charge on any atom is 0.317 e. The molecule has 1 N–H and O–H groups in total. The average Bonchev–Trinajstić information content (AvgIpc) is 2.46. The van der Waals surface area contributed by atoms with Crippen molar-refractivity contribution in [2.24, 2.45) is 5.92 Å². The van der Waals surface area contributed by atoms with Crippen molar-refractivity contribution >= 4 is 11.9 Å². The first-order valence-electron chi connectivity index (χ1n) is 8.58. The van der Waals surface area contributed by atoms with E-state index < -0.39 is 0 Å². The molecule has 0 atom stereocenters. The van der Waals surface area contributed by atoms with Crippen LogP contribution in [-0.2, 0) is 4.79 Å². The minimum Gasteiger partial charge on any atom is -0.339 e. The van der Waals surface area contributed by atoms with E-state index in [0.29, 0.717) is 38.1 Å². The summed E-state index contributed by atoms with van der Waals surface area (Å²) in [7, 11) is 0. The number of nitrogens with zero attached hydrogens (tertiary/aromatic N) is 2. The van der Waals surface area contributed by atoms with Crippen LogP contribution in [0.2, 0.25) is 0 Å². The first-order chi connectivity index (χ1) is 10.2. The van der Waals surface area contributed by atoms with Crippen molar-refractivity contribution in [1.82, 2.24) is 15.1 Å². The van der Waals surface area contributed by atoms with Crippen molar-refractivity contribution in [3.8, 4) is 0 Å². The van der Waals surface area contributed by atoms with Crippen LogP contribution in [0.5, 0.6) is 0 Å². The summed E-state index contributed by atoms with van der Waals surface area (Å²) in [6.45, 7) is 2.76. The second kappa shape index (κ2) is 6.67. The average molecular weight is 293 g/mol. The summed E-state index contributed by atoms with van der Waals surface area (Å²) < 4.78 is 0. The summed E-state index contributed by atoms with van der Waals surface area (Å²) in [5, 5.41) is 3.16. The lowest BCUT2D eigenvalue weighted by atomic mass is 9.84. The fourth-order valence-electron chi connectivity index (χ4n) is 3.56. The molecular formula is C16H27N3O2. The summed E-state index contributed by atoms with van der Waals surface area (Å²) in [6.07, 6.45) is 9.30. The molecule has 0 radical (unpaired) electrons. The third-order valence-corrected chi connectivity index (χ3v) is 5.27. The van der Waals surface area contributed by atoms with Crippen LogP contribution >= 0.6 is 0 Å². The summed E-state index contributed by atoms with van der Waals surface area (Å²) >= 11 is 0. The van der Waals surface area contributed by atoms with Gasteiger partial charge >= 0.3 is 6.03 Å². The third kappa shape index (κ3) is 3.50. The topological polar surface area (TPSA) is 52.7 Å². The fourth-order valence-corrected chi connectivity index (χ4v) is 3.56. The van der Waals surface area contributed by atoms with Crippen LogP contribution in [0.25, 0.3) is 0 Å². The minimum atomic E-state index is 0.0673. The molecule has 3 rings (SSSR count). The van der Waals surface area contributed by atoms with Gasteiger partial charge in [0.2, 0.25) is 5.91 Å². The summed E-state index contributed by atoms with van der Waals surface area (Å²) in [6, 6.07) is 0.429. The molecule has 0 spiro atoms. The molecule has 2 saturated carbocycles. The van der Waals surface area contributed by atoms with Crippen molar-refractivity contribution in [1.29, 1.82) is 0 Å². The Kier molecular flexibility index (Phi) is 4.66. The molecule has 5 heteroatoms. The molecule has 0 unspecified atom stereocenters. The zero-order chi connectivity index (χ0) is 14.7. The van der Waals surface area contributed by atoms with E-state index in [2.05, 4.69) is 5.32 Å². The fraction of sp³-hybridized carbons (Fsp3) is 0.875. The number of hydrogen-bond acceptors (Lipinski definition) is 2. The Balaban J connectivity index is 1.42. The molecule has 5 nitrogen and oxygen atoms in total. The molecule has 3 aliphatic rings. The highest BCUT2D eigenvalue weighted by Crippen LogP contribution is 2.28. The van der Waals surface area contributed by atoms with Gasteiger partial charge in [0.1, 0.15) is 0 Å². The standard InChI is InChI=1S/C16H27N3O2/c20-15(13-5-4-6-13)18-9-11-19(12-10-18)16(21)17-14-7-2-1-3-8-14/h13-14H,1-12H2,(H,17,21). The van der Waals surface area contributed by atoms with Crippen molar-refractivity contribution < 1.29 is 9.59 Å². The number of amides is 3. The van der Waals surface area contributed by atoms with Crippen LogP contribution in [0.4, 0.5) is 4.79 Å². The monoisotopic (exact) mass is 293 g/mol. The summed E-state index contributed by atoms with van der Waals surface area (Å²) in [5.74, 6) is 0.584. The van der Waals surface area contributed by atoms with Gasteiger partial charge in [0.25, 0.3) is 0 Å². The summed E-state index contributed by atoms with van der Waals surface area (Å²) in [4.78, 5) is 28.3. The van der Waals surface area contributed by atoms with Gasteiger partial charge in [-0.3, -0.25) is 4.79 Å². The number of carbonyl (C=O) groups excluding carboxylic acids is 2. The maximum absolute atomic E-state index is 12.3. The Labute approximate surface area is 127 Å². The van der Waals surface area contributed by atoms with Gasteiger partial charge in [-0.2, -0.15) is 0 Å². The number of nitrogens with one attached hydrogen (secondary N) is 1. The van der Waals surface area contributed by atoms with E-state index in [-0.39, 0.29) is 11.9 Å². The quantitative estimate of drug-likeness (QED) is 0.846. The van der Waals surface area contributed by atoms with E-state index in [0.717, 1.165) is 25.7 Å². The first-order valence-corrected chi connectivity index (χ1v) is 8.58. The van der Waals surface area contributed by atoms with Gasteiger partial charge < -0.3 is 15.1 Å². The Morgan fingerprint density at radius 1 is 0.762 bits per heavy atom. The number of rotatable bonds is 2. The van der Waals surface area contributed by atoms with Gasteiger partial charge in [-0.25, -0.2) is 4.79 Å². The molecule has 0 aromatic carbocycles. The van der Waals surface area contributed by atoms with Crippen molar-refractivity contribution in [3.63, 3.8) is 0 Å². The molecule has 3 fully saturated rings. The van der Waals surface area contributed by atoms with Crippen LogP contribution in [0.1, 0.15) is 51.4 Å². The lowest BCUT2D eigenvalue weighted by Crippen LogP contribution is -2.55. The highest BCUT2D eigenvalue weighted by atomic mass is 16.2. The highest BCUT2D eigenvalue weighted by Gasteiger charge is 2.32. The molecule has 3 amide bonds. The van der Waals surface area contributed by atoms with Crippen LogP contribution in [0.15, 0.2) is 0 Å². The largest absolute Gasteiger partial charge is 0.339 e. The second-order valence-corrected chi connectivity index (χ2v) is 6.72. The van der Waals surface area contributed by atoms with E-state index in [1.54, 1.807) is 0 Å². The predicted octanol–water partition coefficient (Wildman–Crippen LogP) is 1.97. The normalized spacial score (nSPS) is 24.6. The van der Waals surface area contributed by atoms with Gasteiger partial charge in [0.15, 0.2) is 0 Å². The molecule has 0 bridgehead atoms. The van der Waals surface area contributed by atoms with Crippen LogP contribution in [0, 0.1) is 5.92 Å². The predicted molar refractivity (Wildman–Crippen MR) is 80.9 cm³/mol. The molecule has 1 aliphatic heterocycles. The lowest BCUT2D eigenvalue weighted by molar-refractivity contribution is -0.139. The molecule has 21 heavy (non-hydrogen) atoms. The van der Waals surface area contributed by atoms with Gasteiger partial charge in [-0.1, -0.05) is 25.7 Å².